The van der Waals surface area contributed by atoms with Crippen LogP contribution < -0.4 is 10.2 Å². The zero-order valence-corrected chi connectivity index (χ0v) is 12.9. The van der Waals surface area contributed by atoms with Crippen LogP contribution in [0.4, 0.5) is 11.5 Å². The van der Waals surface area contributed by atoms with Gasteiger partial charge in [0.2, 0.25) is 0 Å². The topological polar surface area (TPSA) is 28.2 Å². The quantitative estimate of drug-likeness (QED) is 0.915. The molecule has 0 amide bonds. The van der Waals surface area contributed by atoms with E-state index in [4.69, 9.17) is 0 Å². The third-order valence-corrected chi connectivity index (χ3v) is 4.06. The molecule has 3 rings (SSSR count). The number of nitrogens with one attached hydrogen (secondary N) is 1. The van der Waals surface area contributed by atoms with Crippen LogP contribution in [0.5, 0.6) is 0 Å². The van der Waals surface area contributed by atoms with Gasteiger partial charge in [-0.1, -0.05) is 28.1 Å². The first-order valence-corrected chi connectivity index (χ1v) is 7.80. The van der Waals surface area contributed by atoms with Gasteiger partial charge in [-0.2, -0.15) is 0 Å². The number of benzene rings is 1. The maximum atomic E-state index is 4.54. The Morgan fingerprint density at radius 2 is 2.00 bits per heavy atom. The van der Waals surface area contributed by atoms with Gasteiger partial charge in [-0.25, -0.2) is 4.98 Å². The second-order valence-corrected chi connectivity index (χ2v) is 5.97. The Morgan fingerprint density at radius 1 is 1.15 bits per heavy atom. The Labute approximate surface area is 128 Å². The fourth-order valence-corrected chi connectivity index (χ4v) is 3.01. The molecule has 0 radical (unpaired) electrons. The van der Waals surface area contributed by atoms with E-state index in [0.717, 1.165) is 35.6 Å². The monoisotopic (exact) mass is 331 g/mol. The summed E-state index contributed by atoms with van der Waals surface area (Å²) >= 11 is 3.51. The van der Waals surface area contributed by atoms with Crippen molar-refractivity contribution >= 4 is 27.4 Å². The molecular weight excluding hydrogens is 314 g/mol. The summed E-state index contributed by atoms with van der Waals surface area (Å²) in [6, 6.07) is 12.5. The molecule has 1 aliphatic heterocycles. The van der Waals surface area contributed by atoms with Crippen LogP contribution in [0, 0.1) is 0 Å². The number of rotatable bonds is 4. The first kappa shape index (κ1) is 13.4. The van der Waals surface area contributed by atoms with E-state index in [1.807, 2.05) is 18.3 Å². The van der Waals surface area contributed by atoms with Gasteiger partial charge in [0.1, 0.15) is 0 Å². The number of hydrogen-bond acceptors (Lipinski definition) is 3. The molecule has 2 heterocycles. The van der Waals surface area contributed by atoms with Crippen molar-refractivity contribution in [2.24, 2.45) is 0 Å². The lowest BCUT2D eigenvalue weighted by atomic mass is 10.2. The lowest BCUT2D eigenvalue weighted by molar-refractivity contribution is 0.934. The minimum Gasteiger partial charge on any atom is -0.378 e. The number of pyridine rings is 1. The summed E-state index contributed by atoms with van der Waals surface area (Å²) in [5.74, 6) is 1.08. The third kappa shape index (κ3) is 3.12. The van der Waals surface area contributed by atoms with Crippen LogP contribution in [-0.2, 0) is 6.54 Å². The van der Waals surface area contributed by atoms with Gasteiger partial charge in [-0.05, 0) is 42.7 Å². The molecule has 1 aromatic carbocycles. The number of aromatic nitrogens is 1. The lowest BCUT2D eigenvalue weighted by Gasteiger charge is -2.20. The first-order chi connectivity index (χ1) is 9.83. The maximum Gasteiger partial charge on any atom is 0.151 e. The highest BCUT2D eigenvalue weighted by Gasteiger charge is 2.16. The molecule has 0 aliphatic carbocycles. The van der Waals surface area contributed by atoms with Gasteiger partial charge in [0.15, 0.2) is 5.82 Å². The molecule has 0 spiro atoms. The zero-order chi connectivity index (χ0) is 13.8. The van der Waals surface area contributed by atoms with Crippen LogP contribution in [0.1, 0.15) is 18.4 Å². The molecule has 0 bridgehead atoms. The molecule has 0 unspecified atom stereocenters. The first-order valence-electron chi connectivity index (χ1n) is 7.01. The highest BCUT2D eigenvalue weighted by molar-refractivity contribution is 9.10. The highest BCUT2D eigenvalue weighted by Crippen LogP contribution is 2.26. The molecule has 104 valence electrons. The molecule has 3 nitrogen and oxygen atoms in total. The molecule has 1 aromatic heterocycles. The molecular formula is C16H18BrN3. The Bertz CT molecular complexity index is 579. The predicted molar refractivity (Wildman–Crippen MR) is 87.2 cm³/mol. The Balaban J connectivity index is 1.74. The minimum atomic E-state index is 0.811. The fraction of sp³-hybridized carbons (Fsp3) is 0.312. The maximum absolute atomic E-state index is 4.54. The van der Waals surface area contributed by atoms with E-state index < -0.39 is 0 Å². The van der Waals surface area contributed by atoms with Gasteiger partial charge in [-0.15, -0.1) is 0 Å². The Hall–Kier alpha value is -1.55. The van der Waals surface area contributed by atoms with Crippen LogP contribution in [0.2, 0.25) is 0 Å². The molecule has 1 fully saturated rings. The summed E-state index contributed by atoms with van der Waals surface area (Å²) < 4.78 is 1.11. The summed E-state index contributed by atoms with van der Waals surface area (Å²) in [5.41, 5.74) is 2.38. The minimum absolute atomic E-state index is 0.811. The Morgan fingerprint density at radius 3 is 2.80 bits per heavy atom. The summed E-state index contributed by atoms with van der Waals surface area (Å²) in [7, 11) is 0. The molecule has 1 saturated heterocycles. The molecule has 0 atom stereocenters. The van der Waals surface area contributed by atoms with Crippen molar-refractivity contribution in [3.63, 3.8) is 0 Å². The highest BCUT2D eigenvalue weighted by atomic mass is 79.9. The average molecular weight is 332 g/mol. The molecule has 4 heteroatoms. The second-order valence-electron chi connectivity index (χ2n) is 5.05. The SMILES string of the molecule is Brc1cccc(CNc2cccnc2N2CCCC2)c1. The van der Waals surface area contributed by atoms with E-state index in [1.165, 1.54) is 18.4 Å². The van der Waals surface area contributed by atoms with Crippen LogP contribution in [-0.4, -0.2) is 18.1 Å². The molecule has 1 aliphatic rings. The van der Waals surface area contributed by atoms with E-state index >= 15 is 0 Å². The average Bonchev–Trinajstić information content (AvgIpc) is 3.00. The van der Waals surface area contributed by atoms with E-state index in [2.05, 4.69) is 55.4 Å². The van der Waals surface area contributed by atoms with Gasteiger partial charge in [0.25, 0.3) is 0 Å². The van der Waals surface area contributed by atoms with Crippen molar-refractivity contribution in [2.75, 3.05) is 23.3 Å². The summed E-state index contributed by atoms with van der Waals surface area (Å²) in [6.07, 6.45) is 4.40. The fourth-order valence-electron chi connectivity index (χ4n) is 2.56. The summed E-state index contributed by atoms with van der Waals surface area (Å²) in [6.45, 7) is 3.04. The number of halogens is 1. The van der Waals surface area contributed by atoms with Crippen molar-refractivity contribution in [1.29, 1.82) is 0 Å². The largest absolute Gasteiger partial charge is 0.378 e. The van der Waals surface area contributed by atoms with Gasteiger partial charge in [0.05, 0.1) is 5.69 Å². The molecule has 0 saturated carbocycles. The van der Waals surface area contributed by atoms with Gasteiger partial charge in [-0.3, -0.25) is 0 Å². The van der Waals surface area contributed by atoms with Gasteiger partial charge in [0, 0.05) is 30.3 Å². The smallest absolute Gasteiger partial charge is 0.151 e. The van der Waals surface area contributed by atoms with Crippen molar-refractivity contribution in [3.8, 4) is 0 Å². The molecule has 1 N–H and O–H groups in total. The van der Waals surface area contributed by atoms with Crippen LogP contribution >= 0.6 is 15.9 Å². The van der Waals surface area contributed by atoms with Crippen molar-refractivity contribution < 1.29 is 0 Å². The van der Waals surface area contributed by atoms with E-state index in [9.17, 15) is 0 Å². The third-order valence-electron chi connectivity index (χ3n) is 3.56. The lowest BCUT2D eigenvalue weighted by Crippen LogP contribution is -2.20. The van der Waals surface area contributed by atoms with Gasteiger partial charge >= 0.3 is 0 Å². The number of anilines is 2. The molecule has 20 heavy (non-hydrogen) atoms. The van der Waals surface area contributed by atoms with Crippen LogP contribution in [0.25, 0.3) is 0 Å². The van der Waals surface area contributed by atoms with Gasteiger partial charge < -0.3 is 10.2 Å². The Kier molecular flexibility index (Phi) is 4.21. The number of hydrogen-bond donors (Lipinski definition) is 1. The van der Waals surface area contributed by atoms with Crippen molar-refractivity contribution in [2.45, 2.75) is 19.4 Å². The standard InChI is InChI=1S/C16H18BrN3/c17-14-6-3-5-13(11-14)12-19-15-7-4-8-18-16(15)20-9-1-2-10-20/h3-8,11,19H,1-2,9-10,12H2. The summed E-state index contributed by atoms with van der Waals surface area (Å²) in [5, 5.41) is 3.51. The predicted octanol–water partition coefficient (Wildman–Crippen LogP) is 4.06. The second kappa shape index (κ2) is 6.27. The zero-order valence-electron chi connectivity index (χ0n) is 11.3. The normalized spacial score (nSPS) is 14.6. The van der Waals surface area contributed by atoms with Crippen molar-refractivity contribution in [1.82, 2.24) is 4.98 Å². The van der Waals surface area contributed by atoms with E-state index in [1.54, 1.807) is 0 Å². The van der Waals surface area contributed by atoms with Crippen molar-refractivity contribution in [3.05, 3.63) is 52.6 Å². The van der Waals surface area contributed by atoms with Crippen LogP contribution in [0.3, 0.4) is 0 Å². The van der Waals surface area contributed by atoms with Crippen LogP contribution in [0.15, 0.2) is 47.1 Å². The van der Waals surface area contributed by atoms with E-state index in [-0.39, 0.29) is 0 Å². The van der Waals surface area contributed by atoms with E-state index in [0.29, 0.717) is 0 Å². The number of nitrogens with zero attached hydrogens (tertiary/aromatic N) is 2. The molecule has 2 aromatic rings. The summed E-state index contributed by atoms with van der Waals surface area (Å²) in [4.78, 5) is 6.91.